The molecule has 1 aromatic rings. The standard InChI is InChI=1S/C18H26N2O/c1-2-17-19-16(11-10-14-6-4-3-5-7-14)18(21)20(17)13-12-15-8-9-15/h3-7,15-17,19H,2,8-13H2,1H3. The number of rotatable bonds is 7. The highest BCUT2D eigenvalue weighted by Gasteiger charge is 2.37. The van der Waals surface area contributed by atoms with Crippen molar-refractivity contribution in [1.29, 1.82) is 0 Å². The molecule has 2 fully saturated rings. The molecule has 0 aromatic heterocycles. The number of benzene rings is 1. The molecular formula is C18H26N2O. The van der Waals surface area contributed by atoms with Gasteiger partial charge in [0.1, 0.15) is 0 Å². The molecule has 2 atom stereocenters. The van der Waals surface area contributed by atoms with Crippen molar-refractivity contribution in [1.82, 2.24) is 10.2 Å². The first-order chi connectivity index (χ1) is 10.3. The van der Waals surface area contributed by atoms with Gasteiger partial charge in [0.25, 0.3) is 0 Å². The largest absolute Gasteiger partial charge is 0.326 e. The second kappa shape index (κ2) is 6.61. The Morgan fingerprint density at radius 3 is 2.62 bits per heavy atom. The van der Waals surface area contributed by atoms with Crippen LogP contribution < -0.4 is 5.32 Å². The number of hydrogen-bond donors (Lipinski definition) is 1. The molecule has 21 heavy (non-hydrogen) atoms. The van der Waals surface area contributed by atoms with Gasteiger partial charge in [-0.25, -0.2) is 0 Å². The zero-order valence-electron chi connectivity index (χ0n) is 12.9. The summed E-state index contributed by atoms with van der Waals surface area (Å²) < 4.78 is 0. The predicted molar refractivity (Wildman–Crippen MR) is 84.8 cm³/mol. The number of nitrogens with zero attached hydrogens (tertiary/aromatic N) is 1. The summed E-state index contributed by atoms with van der Waals surface area (Å²) >= 11 is 0. The van der Waals surface area contributed by atoms with Gasteiger partial charge in [-0.15, -0.1) is 0 Å². The van der Waals surface area contributed by atoms with Gasteiger partial charge in [0.15, 0.2) is 0 Å². The Kier molecular flexibility index (Phi) is 4.59. The molecule has 0 bridgehead atoms. The molecule has 3 rings (SSSR count). The third-order valence-corrected chi connectivity index (χ3v) is 4.78. The minimum atomic E-state index is 0.00867. The van der Waals surface area contributed by atoms with Gasteiger partial charge in [0.2, 0.25) is 5.91 Å². The van der Waals surface area contributed by atoms with Crippen LogP contribution in [0.25, 0.3) is 0 Å². The summed E-state index contributed by atoms with van der Waals surface area (Å²) in [6, 6.07) is 10.5. The highest BCUT2D eigenvalue weighted by Crippen LogP contribution is 2.33. The number of aryl methyl sites for hydroxylation is 1. The summed E-state index contributed by atoms with van der Waals surface area (Å²) in [4.78, 5) is 14.7. The third kappa shape index (κ3) is 3.65. The molecule has 1 heterocycles. The average Bonchev–Trinajstić information content (AvgIpc) is 3.29. The van der Waals surface area contributed by atoms with E-state index in [1.165, 1.54) is 24.8 Å². The average molecular weight is 286 g/mol. The van der Waals surface area contributed by atoms with Crippen LogP contribution in [0.3, 0.4) is 0 Å². The molecule has 1 saturated heterocycles. The first-order valence-corrected chi connectivity index (χ1v) is 8.38. The van der Waals surface area contributed by atoms with E-state index in [9.17, 15) is 4.79 Å². The number of carbonyl (C=O) groups excluding carboxylic acids is 1. The van der Waals surface area contributed by atoms with E-state index in [1.54, 1.807) is 0 Å². The Balaban J connectivity index is 1.54. The molecule has 0 radical (unpaired) electrons. The molecule has 2 unspecified atom stereocenters. The van der Waals surface area contributed by atoms with Crippen LogP contribution in [0.1, 0.15) is 44.6 Å². The fraction of sp³-hybridized carbons (Fsp3) is 0.611. The molecule has 1 aliphatic heterocycles. The fourth-order valence-electron chi connectivity index (χ4n) is 3.24. The van der Waals surface area contributed by atoms with E-state index in [1.807, 2.05) is 6.07 Å². The van der Waals surface area contributed by atoms with Gasteiger partial charge < -0.3 is 4.90 Å². The van der Waals surface area contributed by atoms with Crippen LogP contribution in [-0.2, 0) is 11.2 Å². The van der Waals surface area contributed by atoms with Gasteiger partial charge >= 0.3 is 0 Å². The van der Waals surface area contributed by atoms with Gasteiger partial charge in [-0.1, -0.05) is 50.1 Å². The maximum Gasteiger partial charge on any atom is 0.241 e. The lowest BCUT2D eigenvalue weighted by molar-refractivity contribution is -0.130. The lowest BCUT2D eigenvalue weighted by Gasteiger charge is -2.22. The van der Waals surface area contributed by atoms with E-state index >= 15 is 0 Å². The van der Waals surface area contributed by atoms with E-state index in [2.05, 4.69) is 41.4 Å². The summed E-state index contributed by atoms with van der Waals surface area (Å²) in [6.45, 7) is 3.10. The van der Waals surface area contributed by atoms with Crippen molar-refractivity contribution in [3.05, 3.63) is 35.9 Å². The van der Waals surface area contributed by atoms with Crippen molar-refractivity contribution in [2.75, 3.05) is 6.54 Å². The Bertz CT molecular complexity index is 469. The number of carbonyl (C=O) groups is 1. The van der Waals surface area contributed by atoms with Crippen LogP contribution in [-0.4, -0.2) is 29.6 Å². The van der Waals surface area contributed by atoms with E-state index < -0.39 is 0 Å². The second-order valence-electron chi connectivity index (χ2n) is 6.43. The summed E-state index contributed by atoms with van der Waals surface area (Å²) in [6.07, 6.45) is 7.04. The lowest BCUT2D eigenvalue weighted by atomic mass is 10.1. The molecule has 1 aliphatic carbocycles. The number of hydrogen-bond acceptors (Lipinski definition) is 2. The molecule has 1 saturated carbocycles. The van der Waals surface area contributed by atoms with E-state index in [-0.39, 0.29) is 12.2 Å². The monoisotopic (exact) mass is 286 g/mol. The molecule has 1 aromatic carbocycles. The van der Waals surface area contributed by atoms with Crippen molar-refractivity contribution in [3.8, 4) is 0 Å². The highest BCUT2D eigenvalue weighted by molar-refractivity contribution is 5.84. The third-order valence-electron chi connectivity index (χ3n) is 4.78. The first-order valence-electron chi connectivity index (χ1n) is 8.38. The Morgan fingerprint density at radius 1 is 1.19 bits per heavy atom. The molecule has 3 heteroatoms. The normalized spacial score (nSPS) is 25.6. The second-order valence-corrected chi connectivity index (χ2v) is 6.43. The summed E-state index contributed by atoms with van der Waals surface area (Å²) in [5.41, 5.74) is 1.32. The number of amides is 1. The predicted octanol–water partition coefficient (Wildman–Crippen LogP) is 2.96. The van der Waals surface area contributed by atoms with Gasteiger partial charge in [-0.3, -0.25) is 10.1 Å². The summed E-state index contributed by atoms with van der Waals surface area (Å²) in [5, 5.41) is 3.53. The fourth-order valence-corrected chi connectivity index (χ4v) is 3.24. The molecule has 114 valence electrons. The van der Waals surface area contributed by atoms with E-state index in [0.717, 1.165) is 31.7 Å². The minimum Gasteiger partial charge on any atom is -0.326 e. The smallest absolute Gasteiger partial charge is 0.241 e. The number of nitrogens with one attached hydrogen (secondary N) is 1. The Hall–Kier alpha value is -1.35. The van der Waals surface area contributed by atoms with Crippen LogP contribution in [0.4, 0.5) is 0 Å². The van der Waals surface area contributed by atoms with Crippen molar-refractivity contribution >= 4 is 5.91 Å². The zero-order valence-corrected chi connectivity index (χ0v) is 12.9. The van der Waals surface area contributed by atoms with Crippen molar-refractivity contribution < 1.29 is 4.79 Å². The van der Waals surface area contributed by atoms with Crippen LogP contribution in [0, 0.1) is 5.92 Å². The molecular weight excluding hydrogens is 260 g/mol. The molecule has 1 N–H and O–H groups in total. The van der Waals surface area contributed by atoms with Crippen molar-refractivity contribution in [3.63, 3.8) is 0 Å². The summed E-state index contributed by atoms with van der Waals surface area (Å²) in [5.74, 6) is 1.21. The SMILES string of the molecule is CCC1NC(CCc2ccccc2)C(=O)N1CCC1CC1. The lowest BCUT2D eigenvalue weighted by Crippen LogP contribution is -2.37. The Morgan fingerprint density at radius 2 is 1.95 bits per heavy atom. The van der Waals surface area contributed by atoms with Crippen molar-refractivity contribution in [2.45, 2.75) is 57.7 Å². The van der Waals surface area contributed by atoms with Gasteiger partial charge in [0.05, 0.1) is 12.2 Å². The van der Waals surface area contributed by atoms with Crippen molar-refractivity contribution in [2.24, 2.45) is 5.92 Å². The minimum absolute atomic E-state index is 0.00867. The van der Waals surface area contributed by atoms with Crippen LogP contribution in [0.15, 0.2) is 30.3 Å². The quantitative estimate of drug-likeness (QED) is 0.836. The molecule has 0 spiro atoms. The molecule has 1 amide bonds. The summed E-state index contributed by atoms with van der Waals surface area (Å²) in [7, 11) is 0. The van der Waals surface area contributed by atoms with Gasteiger partial charge in [-0.05, 0) is 37.2 Å². The van der Waals surface area contributed by atoms with Gasteiger partial charge in [-0.2, -0.15) is 0 Å². The molecule has 3 nitrogen and oxygen atoms in total. The van der Waals surface area contributed by atoms with Crippen LogP contribution in [0.5, 0.6) is 0 Å². The highest BCUT2D eigenvalue weighted by atomic mass is 16.2. The maximum absolute atomic E-state index is 12.6. The van der Waals surface area contributed by atoms with Gasteiger partial charge in [0, 0.05) is 6.54 Å². The molecule has 2 aliphatic rings. The first kappa shape index (κ1) is 14.6. The zero-order chi connectivity index (χ0) is 14.7. The maximum atomic E-state index is 12.6. The van der Waals surface area contributed by atoms with E-state index in [0.29, 0.717) is 5.91 Å². The Labute approximate surface area is 127 Å². The van der Waals surface area contributed by atoms with Crippen LogP contribution >= 0.6 is 0 Å². The van der Waals surface area contributed by atoms with E-state index in [4.69, 9.17) is 0 Å². The van der Waals surface area contributed by atoms with Crippen LogP contribution in [0.2, 0.25) is 0 Å². The topological polar surface area (TPSA) is 32.3 Å².